The number of para-hydroxylation sites is 1. The number of fused-ring (bicyclic) bond motifs is 1. The van der Waals surface area contributed by atoms with Crippen molar-refractivity contribution in [2.75, 3.05) is 6.61 Å². The fourth-order valence-electron chi connectivity index (χ4n) is 2.37. The van der Waals surface area contributed by atoms with E-state index in [1.165, 1.54) is 11.1 Å². The number of aromatic hydroxyl groups is 1. The largest absolute Gasteiger partial charge is 0.507 e. The standard InChI is InChI=1S/C15H22O3.C6H4/c1-3-5-8-12-9-7-10-13(14(12)16)15(17)18-11-6-4-2;1-2-6-4-3-5(1)6/h7,9-10,16H,3-6,8,11H2,1-2H3;1-4H. The fourth-order valence-corrected chi connectivity index (χ4v) is 2.37. The Kier molecular flexibility index (Phi) is 6.86. The van der Waals surface area contributed by atoms with Crippen LogP contribution in [-0.4, -0.2) is 17.7 Å². The maximum absolute atomic E-state index is 11.8. The van der Waals surface area contributed by atoms with Crippen LogP contribution < -0.4 is 0 Å². The van der Waals surface area contributed by atoms with E-state index in [1.807, 2.05) is 13.0 Å². The third-order valence-electron chi connectivity index (χ3n) is 4.09. The minimum absolute atomic E-state index is 0.0763. The van der Waals surface area contributed by atoms with Crippen LogP contribution >= 0.6 is 0 Å². The predicted octanol–water partition coefficient (Wildman–Crippen LogP) is 5.36. The van der Waals surface area contributed by atoms with Gasteiger partial charge in [0.25, 0.3) is 0 Å². The number of benzene rings is 2. The summed E-state index contributed by atoms with van der Waals surface area (Å²) in [5.41, 5.74) is 3.95. The maximum atomic E-state index is 11.8. The molecular weight excluding hydrogens is 300 g/mol. The minimum Gasteiger partial charge on any atom is -0.507 e. The lowest BCUT2D eigenvalue weighted by Gasteiger charge is -2.10. The van der Waals surface area contributed by atoms with Crippen LogP contribution in [0.3, 0.4) is 0 Å². The van der Waals surface area contributed by atoms with Gasteiger partial charge in [-0.3, -0.25) is 0 Å². The summed E-state index contributed by atoms with van der Waals surface area (Å²) in [4.78, 5) is 11.8. The summed E-state index contributed by atoms with van der Waals surface area (Å²) in [6.45, 7) is 4.55. The highest BCUT2D eigenvalue weighted by Crippen LogP contribution is 2.29. The van der Waals surface area contributed by atoms with E-state index >= 15 is 0 Å². The zero-order valence-corrected chi connectivity index (χ0v) is 14.5. The van der Waals surface area contributed by atoms with Crippen molar-refractivity contribution in [1.29, 1.82) is 0 Å². The smallest absolute Gasteiger partial charge is 0.341 e. The van der Waals surface area contributed by atoms with Crippen molar-refractivity contribution in [1.82, 2.24) is 0 Å². The Morgan fingerprint density at radius 1 is 0.958 bits per heavy atom. The zero-order chi connectivity index (χ0) is 17.4. The molecule has 24 heavy (non-hydrogen) atoms. The van der Waals surface area contributed by atoms with Gasteiger partial charge in [0.2, 0.25) is 0 Å². The summed E-state index contributed by atoms with van der Waals surface area (Å²) in [6, 6.07) is 13.7. The molecule has 0 amide bonds. The average molecular weight is 326 g/mol. The molecule has 1 N–H and O–H groups in total. The number of phenolic OH excluding ortho intramolecular Hbond substituents is 1. The van der Waals surface area contributed by atoms with Gasteiger partial charge >= 0.3 is 5.97 Å². The second-order valence-corrected chi connectivity index (χ2v) is 5.98. The predicted molar refractivity (Wildman–Crippen MR) is 97.3 cm³/mol. The Morgan fingerprint density at radius 3 is 2.08 bits per heavy atom. The van der Waals surface area contributed by atoms with E-state index in [2.05, 4.69) is 31.2 Å². The topological polar surface area (TPSA) is 46.5 Å². The summed E-state index contributed by atoms with van der Waals surface area (Å²) in [6.07, 6.45) is 4.68. The molecule has 2 aliphatic rings. The molecule has 0 atom stereocenters. The maximum Gasteiger partial charge on any atom is 0.341 e. The molecule has 0 saturated heterocycles. The number of hydrogen-bond acceptors (Lipinski definition) is 3. The first kappa shape index (κ1) is 18.1. The Hall–Kier alpha value is -2.29. The molecular formula is C21H26O3. The van der Waals surface area contributed by atoms with Gasteiger partial charge in [0.05, 0.1) is 6.61 Å². The lowest BCUT2D eigenvalue weighted by atomic mass is 9.95. The Labute approximate surface area is 144 Å². The number of rotatable bonds is 7. The number of aryl methyl sites for hydroxylation is 1. The van der Waals surface area contributed by atoms with Gasteiger partial charge in [0.1, 0.15) is 11.3 Å². The highest BCUT2D eigenvalue weighted by Gasteiger charge is 2.14. The Balaban J connectivity index is 0.000000282. The van der Waals surface area contributed by atoms with Crippen LogP contribution in [0.1, 0.15) is 55.5 Å². The van der Waals surface area contributed by atoms with Gasteiger partial charge in [-0.15, -0.1) is 0 Å². The van der Waals surface area contributed by atoms with E-state index < -0.39 is 5.97 Å². The van der Waals surface area contributed by atoms with Crippen molar-refractivity contribution in [3.63, 3.8) is 0 Å². The lowest BCUT2D eigenvalue weighted by Crippen LogP contribution is -2.07. The number of unbranched alkanes of at least 4 members (excludes halogenated alkanes) is 2. The Morgan fingerprint density at radius 2 is 1.58 bits per heavy atom. The van der Waals surface area contributed by atoms with E-state index in [-0.39, 0.29) is 11.3 Å². The third kappa shape index (κ3) is 4.60. The molecule has 0 saturated carbocycles. The van der Waals surface area contributed by atoms with Crippen LogP contribution in [0, 0.1) is 0 Å². The van der Waals surface area contributed by atoms with Crippen LogP contribution in [0.5, 0.6) is 5.75 Å². The molecule has 0 aliphatic heterocycles. The van der Waals surface area contributed by atoms with Crippen LogP contribution in [0.2, 0.25) is 0 Å². The summed E-state index contributed by atoms with van der Waals surface area (Å²) in [5, 5.41) is 10.0. The molecule has 0 aromatic heterocycles. The SMILES string of the molecule is CCCCOC(=O)c1cccc(CCCC)c1O.c1cc2ccc1-2. The van der Waals surface area contributed by atoms with Crippen LogP contribution in [0.4, 0.5) is 0 Å². The van der Waals surface area contributed by atoms with Crippen molar-refractivity contribution in [3.05, 3.63) is 53.6 Å². The summed E-state index contributed by atoms with van der Waals surface area (Å²) < 4.78 is 5.11. The van der Waals surface area contributed by atoms with Gasteiger partial charge < -0.3 is 9.84 Å². The van der Waals surface area contributed by atoms with Gasteiger partial charge in [-0.2, -0.15) is 0 Å². The molecule has 0 heterocycles. The first-order valence-electron chi connectivity index (χ1n) is 8.75. The van der Waals surface area contributed by atoms with E-state index in [1.54, 1.807) is 12.1 Å². The third-order valence-corrected chi connectivity index (χ3v) is 4.09. The molecule has 0 bridgehead atoms. The average Bonchev–Trinajstić information content (AvgIpc) is 2.58. The van der Waals surface area contributed by atoms with Crippen molar-refractivity contribution in [3.8, 4) is 16.9 Å². The summed E-state index contributed by atoms with van der Waals surface area (Å²) in [7, 11) is 0. The van der Waals surface area contributed by atoms with Gasteiger partial charge in [-0.25, -0.2) is 4.79 Å². The number of phenols is 1. The summed E-state index contributed by atoms with van der Waals surface area (Å²) >= 11 is 0. The Bertz CT molecular complexity index is 638. The normalized spacial score (nSPS) is 10.6. The molecule has 0 unspecified atom stereocenters. The van der Waals surface area contributed by atoms with Gasteiger partial charge in [0, 0.05) is 0 Å². The van der Waals surface area contributed by atoms with Crippen LogP contribution in [0.15, 0.2) is 42.5 Å². The molecule has 0 radical (unpaired) electrons. The quantitative estimate of drug-likeness (QED) is 0.470. The van der Waals surface area contributed by atoms with Crippen LogP contribution in [0.25, 0.3) is 11.1 Å². The molecule has 1 aromatic rings. The second kappa shape index (κ2) is 9.11. The lowest BCUT2D eigenvalue weighted by molar-refractivity contribution is 0.0496. The van der Waals surface area contributed by atoms with Crippen molar-refractivity contribution in [2.24, 2.45) is 0 Å². The number of hydrogen-bond donors (Lipinski definition) is 1. The number of carbonyl (C=O) groups excluding carboxylic acids is 1. The monoisotopic (exact) mass is 326 g/mol. The highest BCUT2D eigenvalue weighted by atomic mass is 16.5. The number of esters is 1. The molecule has 0 fully saturated rings. The van der Waals surface area contributed by atoms with Gasteiger partial charge in [-0.05, 0) is 42.0 Å². The second-order valence-electron chi connectivity index (χ2n) is 5.98. The van der Waals surface area contributed by atoms with Crippen molar-refractivity contribution in [2.45, 2.75) is 46.0 Å². The van der Waals surface area contributed by atoms with Crippen LogP contribution in [-0.2, 0) is 11.2 Å². The molecule has 1 aromatic carbocycles. The summed E-state index contributed by atoms with van der Waals surface area (Å²) in [5.74, 6) is -0.355. The van der Waals surface area contributed by atoms with Crippen molar-refractivity contribution < 1.29 is 14.6 Å². The number of carbonyl (C=O) groups is 1. The minimum atomic E-state index is -0.431. The fraction of sp³-hybridized carbons (Fsp3) is 0.381. The van der Waals surface area contributed by atoms with E-state index in [0.717, 1.165) is 37.7 Å². The first-order chi connectivity index (χ1) is 11.7. The van der Waals surface area contributed by atoms with Crippen molar-refractivity contribution >= 4 is 5.97 Å². The molecule has 2 aliphatic carbocycles. The molecule has 3 rings (SSSR count). The molecule has 3 heteroatoms. The molecule has 128 valence electrons. The van der Waals surface area contributed by atoms with E-state index in [4.69, 9.17) is 4.74 Å². The number of ether oxygens (including phenoxy) is 1. The first-order valence-corrected chi connectivity index (χ1v) is 8.75. The van der Waals surface area contributed by atoms with Gasteiger partial charge in [0.15, 0.2) is 0 Å². The zero-order valence-electron chi connectivity index (χ0n) is 14.5. The highest BCUT2D eigenvalue weighted by molar-refractivity contribution is 5.92. The van der Waals surface area contributed by atoms with E-state index in [0.29, 0.717) is 6.61 Å². The van der Waals surface area contributed by atoms with E-state index in [9.17, 15) is 9.90 Å². The van der Waals surface area contributed by atoms with Gasteiger partial charge in [-0.1, -0.05) is 63.1 Å². The molecule has 0 spiro atoms. The molecule has 3 nitrogen and oxygen atoms in total.